The van der Waals surface area contributed by atoms with Crippen molar-refractivity contribution < 1.29 is 9.90 Å². The van der Waals surface area contributed by atoms with Crippen molar-refractivity contribution in [2.45, 2.75) is 14.9 Å². The van der Waals surface area contributed by atoms with Gasteiger partial charge < -0.3 is 10.1 Å². The minimum absolute atomic E-state index is 0. The van der Waals surface area contributed by atoms with Gasteiger partial charge in [0.25, 0.3) is 0 Å². The Morgan fingerprint density at radius 1 is 0.955 bits per heavy atom. The summed E-state index contributed by atoms with van der Waals surface area (Å²) in [6.45, 7) is 0. The number of carbonyl (C=O) groups excluding carboxylic acids is 1. The molecule has 2 heterocycles. The third-order valence-electron chi connectivity index (χ3n) is 3.52. The third kappa shape index (κ3) is 2.00. The van der Waals surface area contributed by atoms with Crippen LogP contribution in [0.2, 0.25) is 0 Å². The van der Waals surface area contributed by atoms with Crippen molar-refractivity contribution in [1.82, 2.24) is 4.98 Å². The number of H-pyrrole nitrogens is 1. The number of Topliss-reactive ketones (excluding diaryl/α,β-unsaturated/α-hetero) is 1. The number of aliphatic imine (C=N–C) groups is 1. The fraction of sp³-hybridized carbons (Fsp3) is 0.111. The molecule has 1 aromatic heterocycles. The molecule has 22 heavy (non-hydrogen) atoms. The van der Waals surface area contributed by atoms with Crippen molar-refractivity contribution in [3.8, 4) is 5.88 Å². The van der Waals surface area contributed by atoms with E-state index in [1.807, 2.05) is 36.4 Å². The minimum Gasteiger partial charge on any atom is -0.494 e. The first-order valence-electron chi connectivity index (χ1n) is 6.28. The number of carbonyl (C=O) groups is 1. The molecule has 0 radical (unpaired) electrons. The second-order valence-corrected chi connectivity index (χ2v) is 4.70. The first kappa shape index (κ1) is 15.5. The summed E-state index contributed by atoms with van der Waals surface area (Å²) in [5, 5.41) is 10.9. The molecule has 1 aliphatic heterocycles. The van der Waals surface area contributed by atoms with Crippen LogP contribution in [0.3, 0.4) is 0 Å². The number of ketones is 1. The zero-order valence-corrected chi connectivity index (χ0v) is 10.4. The lowest BCUT2D eigenvalue weighted by atomic mass is 10.0. The quantitative estimate of drug-likeness (QED) is 0.695. The van der Waals surface area contributed by atoms with Crippen LogP contribution in [0.25, 0.3) is 10.9 Å². The zero-order valence-electron chi connectivity index (χ0n) is 10.4. The molecule has 0 spiro atoms. The molecule has 0 atom stereocenters. The lowest BCUT2D eigenvalue weighted by molar-refractivity contribution is 0.107. The Morgan fingerprint density at radius 3 is 2.41 bits per heavy atom. The molecule has 0 fully saturated rings. The predicted molar refractivity (Wildman–Crippen MR) is 90.4 cm³/mol. The van der Waals surface area contributed by atoms with Gasteiger partial charge in [0.2, 0.25) is 5.78 Å². The van der Waals surface area contributed by atoms with E-state index >= 15 is 0 Å². The summed E-state index contributed by atoms with van der Waals surface area (Å²) in [5.41, 5.74) is 2.78. The minimum atomic E-state index is -0.152. The number of para-hydroxylation sites is 2. The fourth-order valence-corrected chi connectivity index (χ4v) is 2.60. The van der Waals surface area contributed by atoms with Crippen molar-refractivity contribution in [1.29, 1.82) is 0 Å². The molecule has 0 saturated carbocycles. The molecular formula is C18H18N2O2. The SMILES string of the molecule is C.C.O=C1C(c2c(O)[nH]c3ccccc23)=Nc2ccccc21. The molecule has 2 aromatic carbocycles. The van der Waals surface area contributed by atoms with E-state index in [1.165, 1.54) is 0 Å². The summed E-state index contributed by atoms with van der Waals surface area (Å²) in [5.74, 6) is -0.174. The van der Waals surface area contributed by atoms with Gasteiger partial charge in [-0.2, -0.15) is 0 Å². The number of nitrogens with one attached hydrogen (secondary N) is 1. The Kier molecular flexibility index (Phi) is 3.87. The first-order chi connectivity index (χ1) is 9.75. The van der Waals surface area contributed by atoms with Gasteiger partial charge in [0.15, 0.2) is 5.88 Å². The highest BCUT2D eigenvalue weighted by Gasteiger charge is 2.29. The summed E-state index contributed by atoms with van der Waals surface area (Å²) >= 11 is 0. The Hall–Kier alpha value is -2.88. The Balaban J connectivity index is 0.000000882. The summed E-state index contributed by atoms with van der Waals surface area (Å²) in [6, 6.07) is 14.6. The van der Waals surface area contributed by atoms with Gasteiger partial charge in [-0.15, -0.1) is 0 Å². The fourth-order valence-electron chi connectivity index (χ4n) is 2.60. The lowest BCUT2D eigenvalue weighted by Crippen LogP contribution is -2.10. The van der Waals surface area contributed by atoms with Crippen molar-refractivity contribution in [3.05, 3.63) is 59.7 Å². The second-order valence-electron chi connectivity index (χ2n) is 4.70. The average molecular weight is 294 g/mol. The molecule has 2 N–H and O–H groups in total. The molecule has 4 nitrogen and oxygen atoms in total. The van der Waals surface area contributed by atoms with E-state index in [9.17, 15) is 9.90 Å². The van der Waals surface area contributed by atoms with Crippen LogP contribution in [0.15, 0.2) is 53.5 Å². The highest BCUT2D eigenvalue weighted by molar-refractivity contribution is 6.56. The molecule has 1 aliphatic rings. The smallest absolute Gasteiger partial charge is 0.214 e. The maximum absolute atomic E-state index is 12.4. The summed E-state index contributed by atoms with van der Waals surface area (Å²) in [7, 11) is 0. The van der Waals surface area contributed by atoms with Gasteiger partial charge in [0.1, 0.15) is 5.71 Å². The van der Waals surface area contributed by atoms with Gasteiger partial charge in [-0.25, -0.2) is 4.99 Å². The number of benzene rings is 2. The van der Waals surface area contributed by atoms with Crippen molar-refractivity contribution in [2.24, 2.45) is 4.99 Å². The van der Waals surface area contributed by atoms with Gasteiger partial charge in [-0.05, 0) is 18.2 Å². The Labute approximate surface area is 129 Å². The van der Waals surface area contributed by atoms with Gasteiger partial charge in [0, 0.05) is 16.5 Å². The summed E-state index contributed by atoms with van der Waals surface area (Å²) in [6.07, 6.45) is 0. The third-order valence-corrected chi connectivity index (χ3v) is 3.52. The van der Waals surface area contributed by atoms with E-state index in [4.69, 9.17) is 0 Å². The van der Waals surface area contributed by atoms with Crippen LogP contribution in [0.5, 0.6) is 5.88 Å². The van der Waals surface area contributed by atoms with E-state index in [0.29, 0.717) is 22.5 Å². The van der Waals surface area contributed by atoms with Crippen molar-refractivity contribution in [2.75, 3.05) is 0 Å². The van der Waals surface area contributed by atoms with Crippen LogP contribution in [-0.2, 0) is 0 Å². The number of rotatable bonds is 1. The van der Waals surface area contributed by atoms with E-state index in [2.05, 4.69) is 9.98 Å². The number of aromatic amines is 1. The summed E-state index contributed by atoms with van der Waals surface area (Å²) in [4.78, 5) is 19.7. The molecule has 0 aliphatic carbocycles. The van der Waals surface area contributed by atoms with Gasteiger partial charge in [-0.1, -0.05) is 45.2 Å². The van der Waals surface area contributed by atoms with Crippen LogP contribution in [0.4, 0.5) is 5.69 Å². The lowest BCUT2D eigenvalue weighted by Gasteiger charge is -1.98. The summed E-state index contributed by atoms with van der Waals surface area (Å²) < 4.78 is 0. The molecule has 0 amide bonds. The van der Waals surface area contributed by atoms with E-state index in [-0.39, 0.29) is 26.5 Å². The highest BCUT2D eigenvalue weighted by atomic mass is 16.3. The van der Waals surface area contributed by atoms with E-state index in [0.717, 1.165) is 10.9 Å². The molecule has 4 heteroatoms. The normalized spacial score (nSPS) is 12.4. The largest absolute Gasteiger partial charge is 0.494 e. The molecule has 3 aromatic rings. The number of aromatic nitrogens is 1. The first-order valence-corrected chi connectivity index (χ1v) is 6.28. The standard InChI is InChI=1S/C16H10N2O2.2CH4/c19-15-10-6-2-4-8-12(10)17-14(15)13-9-5-1-3-7-11(9)18-16(13)20;;/h1-8,18,20H;2*1H4. The van der Waals surface area contributed by atoms with E-state index in [1.54, 1.807) is 12.1 Å². The number of fused-ring (bicyclic) bond motifs is 2. The average Bonchev–Trinajstić information content (AvgIpc) is 2.96. The van der Waals surface area contributed by atoms with Crippen molar-refractivity contribution in [3.63, 3.8) is 0 Å². The molecule has 0 bridgehead atoms. The topological polar surface area (TPSA) is 65.4 Å². The van der Waals surface area contributed by atoms with Gasteiger partial charge in [0.05, 0.1) is 11.3 Å². The Morgan fingerprint density at radius 2 is 1.64 bits per heavy atom. The molecular weight excluding hydrogens is 276 g/mol. The molecule has 112 valence electrons. The number of hydrogen-bond acceptors (Lipinski definition) is 3. The second kappa shape index (κ2) is 5.48. The maximum atomic E-state index is 12.4. The monoisotopic (exact) mass is 294 g/mol. The van der Waals surface area contributed by atoms with E-state index < -0.39 is 0 Å². The van der Waals surface area contributed by atoms with Crippen LogP contribution in [0, 0.1) is 0 Å². The highest BCUT2D eigenvalue weighted by Crippen LogP contribution is 2.34. The molecule has 4 rings (SSSR count). The van der Waals surface area contributed by atoms with Gasteiger partial charge in [-0.3, -0.25) is 4.79 Å². The molecule has 0 saturated heterocycles. The number of hydrogen-bond donors (Lipinski definition) is 2. The van der Waals surface area contributed by atoms with Crippen LogP contribution in [0.1, 0.15) is 30.8 Å². The zero-order chi connectivity index (χ0) is 13.7. The maximum Gasteiger partial charge on any atom is 0.214 e. The van der Waals surface area contributed by atoms with Crippen LogP contribution in [-0.4, -0.2) is 21.6 Å². The predicted octanol–water partition coefficient (Wildman–Crippen LogP) is 4.46. The number of aromatic hydroxyl groups is 1. The molecule has 0 unspecified atom stereocenters. The van der Waals surface area contributed by atoms with Gasteiger partial charge >= 0.3 is 0 Å². The van der Waals surface area contributed by atoms with Crippen LogP contribution < -0.4 is 0 Å². The van der Waals surface area contributed by atoms with Crippen molar-refractivity contribution >= 4 is 28.1 Å². The number of nitrogens with zero attached hydrogens (tertiary/aromatic N) is 1. The Bertz CT molecular complexity index is 891. The van der Waals surface area contributed by atoms with Crippen LogP contribution >= 0.6 is 0 Å².